The molecule has 1 aliphatic heterocycles. The highest BCUT2D eigenvalue weighted by Gasteiger charge is 2.28. The Morgan fingerprint density at radius 2 is 1.83 bits per heavy atom. The predicted octanol–water partition coefficient (Wildman–Crippen LogP) is 2.56. The molecule has 2 aromatic carbocycles. The number of carbonyl (C=O) groups excluding carboxylic acids is 1. The van der Waals surface area contributed by atoms with E-state index in [0.29, 0.717) is 30.0 Å². The van der Waals surface area contributed by atoms with Crippen LogP contribution in [0.25, 0.3) is 6.08 Å². The molecule has 30 heavy (non-hydrogen) atoms. The predicted molar refractivity (Wildman–Crippen MR) is 120 cm³/mol. The van der Waals surface area contributed by atoms with Gasteiger partial charge in [0, 0.05) is 18.3 Å². The summed E-state index contributed by atoms with van der Waals surface area (Å²) >= 11 is 0. The number of sulfonamides is 2. The van der Waals surface area contributed by atoms with Gasteiger partial charge in [0.2, 0.25) is 26.0 Å². The van der Waals surface area contributed by atoms with E-state index < -0.39 is 20.0 Å². The van der Waals surface area contributed by atoms with E-state index >= 15 is 0 Å². The summed E-state index contributed by atoms with van der Waals surface area (Å²) in [4.78, 5) is 12.2. The number of anilines is 3. The van der Waals surface area contributed by atoms with Crippen LogP contribution in [-0.4, -0.2) is 41.3 Å². The Bertz CT molecular complexity index is 1190. The van der Waals surface area contributed by atoms with Gasteiger partial charge in [-0.05, 0) is 54.8 Å². The van der Waals surface area contributed by atoms with Crippen LogP contribution in [0.5, 0.6) is 0 Å². The summed E-state index contributed by atoms with van der Waals surface area (Å²) in [7, 11) is -6.65. The van der Waals surface area contributed by atoms with Gasteiger partial charge in [0.1, 0.15) is 0 Å². The van der Waals surface area contributed by atoms with E-state index in [1.165, 1.54) is 10.4 Å². The van der Waals surface area contributed by atoms with E-state index in [0.717, 1.165) is 17.4 Å². The van der Waals surface area contributed by atoms with Gasteiger partial charge in [-0.15, -0.1) is 0 Å². The van der Waals surface area contributed by atoms with Gasteiger partial charge in [-0.1, -0.05) is 18.2 Å². The molecule has 1 aliphatic rings. The SMILES string of the molecule is Cc1ccc(NC(=O)/C=C/c2ccc(N3CCCS3(=O)=O)cc2)cc1NS(C)(=O)=O. The molecule has 0 aliphatic carbocycles. The van der Waals surface area contributed by atoms with E-state index in [-0.39, 0.29) is 11.7 Å². The molecule has 2 N–H and O–H groups in total. The van der Waals surface area contributed by atoms with Crippen molar-refractivity contribution in [3.8, 4) is 0 Å². The molecule has 1 fully saturated rings. The standard InChI is InChI=1S/C20H23N3O5S2/c1-15-4-8-17(14-19(15)22-29(2,25)26)21-20(24)11-7-16-5-9-18(10-6-16)23-12-3-13-30(23,27)28/h4-11,14,22H,3,12-13H2,1-2H3,(H,21,24)/b11-7+. The largest absolute Gasteiger partial charge is 0.322 e. The van der Waals surface area contributed by atoms with Crippen molar-refractivity contribution >= 4 is 49.1 Å². The molecule has 0 aromatic heterocycles. The van der Waals surface area contributed by atoms with E-state index in [1.807, 2.05) is 0 Å². The lowest BCUT2D eigenvalue weighted by Gasteiger charge is -2.16. The number of aryl methyl sites for hydroxylation is 1. The van der Waals surface area contributed by atoms with Crippen molar-refractivity contribution in [2.45, 2.75) is 13.3 Å². The topological polar surface area (TPSA) is 113 Å². The number of rotatable bonds is 6. The van der Waals surface area contributed by atoms with E-state index in [2.05, 4.69) is 10.0 Å². The molecule has 160 valence electrons. The molecule has 1 amide bonds. The van der Waals surface area contributed by atoms with E-state index in [4.69, 9.17) is 0 Å². The number of amides is 1. The zero-order chi connectivity index (χ0) is 21.9. The quantitative estimate of drug-likeness (QED) is 0.658. The summed E-state index contributed by atoms with van der Waals surface area (Å²) in [6.07, 6.45) is 4.64. The second-order valence-corrected chi connectivity index (χ2v) is 10.8. The molecule has 2 aromatic rings. The molecule has 0 spiro atoms. The van der Waals surface area contributed by atoms with Gasteiger partial charge in [0.25, 0.3) is 0 Å². The monoisotopic (exact) mass is 449 g/mol. The molecule has 10 heteroatoms. The summed E-state index contributed by atoms with van der Waals surface area (Å²) < 4.78 is 50.7. The summed E-state index contributed by atoms with van der Waals surface area (Å²) in [5.41, 5.74) is 2.94. The second kappa shape index (κ2) is 8.49. The van der Waals surface area contributed by atoms with Crippen molar-refractivity contribution in [2.24, 2.45) is 0 Å². The van der Waals surface area contributed by atoms with Crippen LogP contribution in [0.1, 0.15) is 17.5 Å². The van der Waals surface area contributed by atoms with Crippen molar-refractivity contribution < 1.29 is 21.6 Å². The van der Waals surface area contributed by atoms with Crippen LogP contribution in [0, 0.1) is 6.92 Å². The maximum Gasteiger partial charge on any atom is 0.248 e. The van der Waals surface area contributed by atoms with Crippen LogP contribution in [0.15, 0.2) is 48.5 Å². The first-order chi connectivity index (χ1) is 14.0. The van der Waals surface area contributed by atoms with Crippen LogP contribution < -0.4 is 14.3 Å². The van der Waals surface area contributed by atoms with Crippen molar-refractivity contribution in [1.29, 1.82) is 0 Å². The smallest absolute Gasteiger partial charge is 0.248 e. The molecule has 0 unspecified atom stereocenters. The fourth-order valence-electron chi connectivity index (χ4n) is 3.05. The minimum Gasteiger partial charge on any atom is -0.322 e. The number of hydrogen-bond acceptors (Lipinski definition) is 5. The fraction of sp³-hybridized carbons (Fsp3) is 0.250. The number of benzene rings is 2. The van der Waals surface area contributed by atoms with E-state index in [9.17, 15) is 21.6 Å². The first-order valence-electron chi connectivity index (χ1n) is 9.21. The third-order valence-corrected chi connectivity index (χ3v) is 6.97. The molecule has 0 atom stereocenters. The van der Waals surface area contributed by atoms with Gasteiger partial charge in [-0.2, -0.15) is 0 Å². The third-order valence-electron chi connectivity index (χ3n) is 4.51. The van der Waals surface area contributed by atoms with Gasteiger partial charge in [0.15, 0.2) is 0 Å². The Morgan fingerprint density at radius 3 is 2.43 bits per heavy atom. The van der Waals surface area contributed by atoms with Gasteiger partial charge in [-0.25, -0.2) is 16.8 Å². The number of nitrogens with one attached hydrogen (secondary N) is 2. The van der Waals surface area contributed by atoms with Gasteiger partial charge >= 0.3 is 0 Å². The lowest BCUT2D eigenvalue weighted by Crippen LogP contribution is -2.24. The first-order valence-corrected chi connectivity index (χ1v) is 12.7. The highest BCUT2D eigenvalue weighted by molar-refractivity contribution is 7.93. The molecular weight excluding hydrogens is 426 g/mol. The lowest BCUT2D eigenvalue weighted by atomic mass is 10.1. The minimum absolute atomic E-state index is 0.162. The van der Waals surface area contributed by atoms with Crippen LogP contribution in [0.2, 0.25) is 0 Å². The van der Waals surface area contributed by atoms with Crippen molar-refractivity contribution in [2.75, 3.05) is 32.9 Å². The highest BCUT2D eigenvalue weighted by atomic mass is 32.2. The average Bonchev–Trinajstić information content (AvgIpc) is 3.01. The minimum atomic E-state index is -3.43. The normalized spacial score (nSPS) is 16.0. The third kappa shape index (κ3) is 5.61. The molecule has 0 radical (unpaired) electrons. The molecule has 8 nitrogen and oxygen atoms in total. The van der Waals surface area contributed by atoms with Crippen LogP contribution >= 0.6 is 0 Å². The Hall–Kier alpha value is -2.85. The molecule has 0 bridgehead atoms. The summed E-state index contributed by atoms with van der Waals surface area (Å²) in [6, 6.07) is 11.8. The molecule has 1 heterocycles. The zero-order valence-electron chi connectivity index (χ0n) is 16.6. The number of nitrogens with zero attached hydrogens (tertiary/aromatic N) is 1. The molecule has 0 saturated carbocycles. The Morgan fingerprint density at radius 1 is 1.13 bits per heavy atom. The molecule has 3 rings (SSSR count). The average molecular weight is 450 g/mol. The maximum atomic E-state index is 12.2. The second-order valence-electron chi connectivity index (χ2n) is 7.06. The summed E-state index contributed by atoms with van der Waals surface area (Å²) in [5, 5.41) is 2.68. The zero-order valence-corrected chi connectivity index (χ0v) is 18.3. The number of hydrogen-bond donors (Lipinski definition) is 2. The van der Waals surface area contributed by atoms with Gasteiger partial charge < -0.3 is 5.32 Å². The van der Waals surface area contributed by atoms with Crippen LogP contribution in [0.4, 0.5) is 17.1 Å². The van der Waals surface area contributed by atoms with Crippen LogP contribution in [0.3, 0.4) is 0 Å². The Kier molecular flexibility index (Phi) is 6.18. The fourth-order valence-corrected chi connectivity index (χ4v) is 5.23. The van der Waals surface area contributed by atoms with Gasteiger partial charge in [-0.3, -0.25) is 13.8 Å². The molecule has 1 saturated heterocycles. The maximum absolute atomic E-state index is 12.2. The van der Waals surface area contributed by atoms with Crippen molar-refractivity contribution in [1.82, 2.24) is 0 Å². The van der Waals surface area contributed by atoms with Gasteiger partial charge in [0.05, 0.1) is 23.4 Å². The van der Waals surface area contributed by atoms with Crippen molar-refractivity contribution in [3.63, 3.8) is 0 Å². The Labute approximate surface area is 176 Å². The molecular formula is C20H23N3O5S2. The van der Waals surface area contributed by atoms with Crippen LogP contribution in [-0.2, 0) is 24.8 Å². The summed E-state index contributed by atoms with van der Waals surface area (Å²) in [5.74, 6) is -0.217. The summed E-state index contributed by atoms with van der Waals surface area (Å²) in [6.45, 7) is 2.24. The Balaban J connectivity index is 1.66. The van der Waals surface area contributed by atoms with Crippen molar-refractivity contribution in [3.05, 3.63) is 59.7 Å². The van der Waals surface area contributed by atoms with E-state index in [1.54, 1.807) is 55.5 Å². The number of carbonyl (C=O) groups is 1. The lowest BCUT2D eigenvalue weighted by molar-refractivity contribution is -0.111. The highest BCUT2D eigenvalue weighted by Crippen LogP contribution is 2.24. The first kappa shape index (κ1) is 21.8.